The molecule has 0 unspecified atom stereocenters. The lowest BCUT2D eigenvalue weighted by molar-refractivity contribution is -0.137. The van der Waals surface area contributed by atoms with Crippen LogP contribution in [0.15, 0.2) is 35.4 Å². The van der Waals surface area contributed by atoms with Gasteiger partial charge in [-0.05, 0) is 43.3 Å². The number of likely N-dealkylation sites (N-methyl/N-ethyl adjacent to an activating group) is 1. The van der Waals surface area contributed by atoms with Gasteiger partial charge in [-0.2, -0.15) is 13.2 Å². The number of thiophene rings is 1. The second-order valence-electron chi connectivity index (χ2n) is 10.8. The summed E-state index contributed by atoms with van der Waals surface area (Å²) in [4.78, 5) is 29.6. The molecule has 0 saturated carbocycles. The van der Waals surface area contributed by atoms with Crippen molar-refractivity contribution in [2.24, 2.45) is 0 Å². The third-order valence-electron chi connectivity index (χ3n) is 7.72. The minimum Gasteiger partial charge on any atom is -0.388 e. The Hall–Kier alpha value is -2.91. The number of alkyl halides is 3. The van der Waals surface area contributed by atoms with Gasteiger partial charge in [0, 0.05) is 75.2 Å². The minimum atomic E-state index is -4.65. The number of carbonyl (C=O) groups excluding carboxylic acids is 1. The van der Waals surface area contributed by atoms with Crippen molar-refractivity contribution in [2.75, 3.05) is 83.2 Å². The molecule has 3 aliphatic heterocycles. The van der Waals surface area contributed by atoms with Gasteiger partial charge in [0.15, 0.2) is 0 Å². The number of aryl methyl sites for hydroxylation is 1. The highest BCUT2D eigenvalue weighted by Crippen LogP contribution is 2.43. The average molecular weight is 651 g/mol. The van der Waals surface area contributed by atoms with Gasteiger partial charge in [0.1, 0.15) is 10.4 Å². The zero-order chi connectivity index (χ0) is 31.4. The lowest BCUT2D eigenvalue weighted by atomic mass is 10.1. The lowest BCUT2D eigenvalue weighted by Crippen LogP contribution is -2.52. The maximum atomic E-state index is 14.1. The molecular weight excluding hydrogens is 613 g/mol. The molecule has 14 heteroatoms. The Morgan fingerprint density at radius 2 is 1.84 bits per heavy atom. The Kier molecular flexibility index (Phi) is 10.4. The molecule has 2 aromatic heterocycles. The van der Waals surface area contributed by atoms with Crippen molar-refractivity contribution in [3.8, 4) is 10.6 Å². The first-order valence-electron chi connectivity index (χ1n) is 14.5. The van der Waals surface area contributed by atoms with Gasteiger partial charge in [-0.15, -0.1) is 23.1 Å². The molecule has 2 saturated heterocycles. The van der Waals surface area contributed by atoms with Gasteiger partial charge in [-0.3, -0.25) is 4.79 Å². The fourth-order valence-corrected chi connectivity index (χ4v) is 7.52. The van der Waals surface area contributed by atoms with Crippen molar-refractivity contribution < 1.29 is 27.4 Å². The molecular formula is C30H37F3N6O3S2. The van der Waals surface area contributed by atoms with E-state index in [9.17, 15) is 18.0 Å². The van der Waals surface area contributed by atoms with Crippen molar-refractivity contribution in [2.45, 2.75) is 30.5 Å². The van der Waals surface area contributed by atoms with Crippen molar-refractivity contribution in [3.05, 3.63) is 46.5 Å². The molecule has 0 radical (unpaired) electrons. The summed E-state index contributed by atoms with van der Waals surface area (Å²) >= 11 is 2.54. The van der Waals surface area contributed by atoms with Crippen LogP contribution in [0.4, 0.5) is 30.5 Å². The number of carbonyl (C=O) groups is 1. The van der Waals surface area contributed by atoms with E-state index < -0.39 is 11.7 Å². The van der Waals surface area contributed by atoms with Crippen molar-refractivity contribution in [1.29, 1.82) is 0 Å². The fourth-order valence-electron chi connectivity index (χ4n) is 5.20. The standard InChI is InChI=1S/C28H31F3N6O2S2.C2H6O/c1-3-17-12-18(36-8-6-35(2)7-9-36)4-5-21(17)33-27-32-14-20(28(29,30)31)24(34-27)22-13-23-25(41-22)26(38)37(10-11-40-23)19-15-39-16-19;1-3-2/h4-5,12-14,19H,3,6-11,15-16H2,1-2H3,(H,32,33,34);1-2H3. The van der Waals surface area contributed by atoms with Gasteiger partial charge in [0.25, 0.3) is 5.91 Å². The Morgan fingerprint density at radius 3 is 2.48 bits per heavy atom. The predicted octanol–water partition coefficient (Wildman–Crippen LogP) is 5.49. The summed E-state index contributed by atoms with van der Waals surface area (Å²) in [6, 6.07) is 7.75. The van der Waals surface area contributed by atoms with Crippen LogP contribution >= 0.6 is 23.1 Å². The molecule has 5 heterocycles. The number of hydrogen-bond donors (Lipinski definition) is 1. The number of aromatic nitrogens is 2. The van der Waals surface area contributed by atoms with Gasteiger partial charge >= 0.3 is 6.18 Å². The number of nitrogens with zero attached hydrogens (tertiary/aromatic N) is 5. The maximum absolute atomic E-state index is 14.1. The normalized spacial score (nSPS) is 17.8. The van der Waals surface area contributed by atoms with Crippen molar-refractivity contribution in [1.82, 2.24) is 19.8 Å². The van der Waals surface area contributed by atoms with Crippen molar-refractivity contribution in [3.63, 3.8) is 0 Å². The van der Waals surface area contributed by atoms with E-state index >= 15 is 0 Å². The lowest BCUT2D eigenvalue weighted by Gasteiger charge is -2.36. The zero-order valence-corrected chi connectivity index (χ0v) is 26.9. The molecule has 44 heavy (non-hydrogen) atoms. The number of methoxy groups -OCH3 is 1. The number of piperazine rings is 1. The molecule has 1 aromatic carbocycles. The molecule has 3 aromatic rings. The van der Waals surface area contributed by atoms with Crippen LogP contribution in [0.2, 0.25) is 0 Å². The van der Waals surface area contributed by atoms with E-state index in [2.05, 4.69) is 42.9 Å². The number of rotatable bonds is 6. The number of thioether (sulfide) groups is 1. The molecule has 3 aliphatic rings. The van der Waals surface area contributed by atoms with E-state index in [1.165, 1.54) is 11.8 Å². The summed E-state index contributed by atoms with van der Waals surface area (Å²) in [5.41, 5.74) is 1.74. The van der Waals surface area contributed by atoms with Gasteiger partial charge in [0.05, 0.1) is 29.8 Å². The Morgan fingerprint density at radius 1 is 1.11 bits per heavy atom. The highest BCUT2D eigenvalue weighted by atomic mass is 32.2. The van der Waals surface area contributed by atoms with Crippen LogP contribution in [0.1, 0.15) is 27.7 Å². The molecule has 1 amide bonds. The van der Waals surface area contributed by atoms with Crippen LogP contribution in [-0.2, 0) is 22.1 Å². The van der Waals surface area contributed by atoms with Crippen LogP contribution in [0.5, 0.6) is 0 Å². The topological polar surface area (TPSA) is 83.1 Å². The number of amides is 1. The largest absolute Gasteiger partial charge is 0.420 e. The molecule has 238 valence electrons. The number of ether oxygens (including phenoxy) is 2. The Labute approximate surface area is 263 Å². The molecule has 0 aliphatic carbocycles. The van der Waals surface area contributed by atoms with Crippen LogP contribution in [0.3, 0.4) is 0 Å². The molecule has 0 spiro atoms. The summed E-state index contributed by atoms with van der Waals surface area (Å²) in [5.74, 6) is 0.576. The first kappa shape index (κ1) is 32.5. The Balaban J connectivity index is 0.00000123. The van der Waals surface area contributed by atoms with Crippen LogP contribution in [0, 0.1) is 0 Å². The van der Waals surface area contributed by atoms with E-state index in [-0.39, 0.29) is 23.6 Å². The molecule has 0 atom stereocenters. The summed E-state index contributed by atoms with van der Waals surface area (Å²) < 4.78 is 51.8. The predicted molar refractivity (Wildman–Crippen MR) is 168 cm³/mol. The third-order valence-corrected chi connectivity index (χ3v) is 9.99. The molecule has 9 nitrogen and oxygen atoms in total. The highest BCUT2D eigenvalue weighted by Gasteiger charge is 2.38. The number of halogens is 3. The monoisotopic (exact) mass is 650 g/mol. The summed E-state index contributed by atoms with van der Waals surface area (Å²) in [5, 5.41) is 3.16. The number of benzene rings is 1. The maximum Gasteiger partial charge on any atom is 0.420 e. The molecule has 0 bridgehead atoms. The zero-order valence-electron chi connectivity index (χ0n) is 25.2. The number of anilines is 3. The Bertz CT molecular complexity index is 1460. The van der Waals surface area contributed by atoms with Crippen LogP contribution < -0.4 is 10.2 Å². The molecule has 2 fully saturated rings. The van der Waals surface area contributed by atoms with E-state index in [4.69, 9.17) is 4.74 Å². The summed E-state index contributed by atoms with van der Waals surface area (Å²) in [6.07, 6.45) is -3.09. The van der Waals surface area contributed by atoms with Crippen LogP contribution in [-0.4, -0.2) is 105 Å². The van der Waals surface area contributed by atoms with Gasteiger partial charge in [-0.1, -0.05) is 6.92 Å². The summed E-state index contributed by atoms with van der Waals surface area (Å²) in [6.45, 7) is 7.46. The molecule has 1 N–H and O–H groups in total. The number of nitrogens with one attached hydrogen (secondary N) is 1. The minimum absolute atomic E-state index is 0.00981. The first-order chi connectivity index (χ1) is 21.1. The highest BCUT2D eigenvalue weighted by molar-refractivity contribution is 7.99. The number of hydrogen-bond acceptors (Lipinski definition) is 10. The van der Waals surface area contributed by atoms with Gasteiger partial charge in [0.2, 0.25) is 5.95 Å². The summed E-state index contributed by atoms with van der Waals surface area (Å²) in [7, 11) is 5.36. The van der Waals surface area contributed by atoms with E-state index in [1.807, 2.05) is 19.1 Å². The fraction of sp³-hybridized carbons (Fsp3) is 0.500. The van der Waals surface area contributed by atoms with E-state index in [1.54, 1.807) is 25.2 Å². The third kappa shape index (κ3) is 7.15. The SMILES string of the molecule is CCc1cc(N2CCN(C)CC2)ccc1Nc1ncc(C(F)(F)F)c(-c2cc3c(s2)C(=O)N(C2COC2)CCS3)n1.COC. The van der Waals surface area contributed by atoms with E-state index in [0.29, 0.717) is 40.2 Å². The van der Waals surface area contributed by atoms with Crippen molar-refractivity contribution >= 4 is 46.3 Å². The second-order valence-corrected chi connectivity index (χ2v) is 13.0. The van der Waals surface area contributed by atoms with Crippen LogP contribution in [0.25, 0.3) is 10.6 Å². The number of fused-ring (bicyclic) bond motifs is 1. The van der Waals surface area contributed by atoms with Gasteiger partial charge in [-0.25, -0.2) is 9.97 Å². The average Bonchev–Trinajstić information content (AvgIpc) is 3.34. The molecule has 6 rings (SSSR count). The smallest absolute Gasteiger partial charge is 0.388 e. The van der Waals surface area contributed by atoms with Gasteiger partial charge < -0.3 is 29.5 Å². The van der Waals surface area contributed by atoms with E-state index in [0.717, 1.165) is 67.1 Å². The second kappa shape index (κ2) is 14.0. The first-order valence-corrected chi connectivity index (χ1v) is 16.3. The quantitative estimate of drug-likeness (QED) is 0.373.